The van der Waals surface area contributed by atoms with Gasteiger partial charge >= 0.3 is 0 Å². The van der Waals surface area contributed by atoms with E-state index in [2.05, 4.69) is 21.9 Å². The van der Waals surface area contributed by atoms with E-state index in [1.807, 2.05) is 24.3 Å². The van der Waals surface area contributed by atoms with E-state index in [1.54, 1.807) is 18.2 Å². The minimum Gasteiger partial charge on any atom is -0.356 e. The van der Waals surface area contributed by atoms with Gasteiger partial charge in [0.25, 0.3) is 0 Å². The molecule has 1 amide bonds. The first-order chi connectivity index (χ1) is 14.0. The Morgan fingerprint density at radius 3 is 2.69 bits per heavy atom. The van der Waals surface area contributed by atoms with Crippen molar-refractivity contribution in [3.8, 4) is 0 Å². The third-order valence-electron chi connectivity index (χ3n) is 5.56. The number of carbonyl (C=O) groups is 1. The van der Waals surface area contributed by atoms with Gasteiger partial charge in [-0.05, 0) is 55.6 Å². The van der Waals surface area contributed by atoms with Crippen LogP contribution in [0.15, 0.2) is 47.4 Å². The maximum atomic E-state index is 12.5. The molecule has 1 aliphatic heterocycles. The molecule has 6 nitrogen and oxygen atoms in total. The predicted octanol–water partition coefficient (Wildman–Crippen LogP) is 2.89. The van der Waals surface area contributed by atoms with Crippen LogP contribution in [0.5, 0.6) is 0 Å². The fourth-order valence-corrected chi connectivity index (χ4v) is 4.87. The van der Waals surface area contributed by atoms with E-state index in [9.17, 15) is 13.2 Å². The van der Waals surface area contributed by atoms with Crippen molar-refractivity contribution >= 4 is 26.7 Å². The zero-order chi connectivity index (χ0) is 20.7. The number of likely N-dealkylation sites (tertiary alicyclic amines) is 1. The van der Waals surface area contributed by atoms with Crippen molar-refractivity contribution in [3.05, 3.63) is 42.5 Å². The summed E-state index contributed by atoms with van der Waals surface area (Å²) in [6, 6.07) is 13.3. The topological polar surface area (TPSA) is 78.5 Å². The van der Waals surface area contributed by atoms with Crippen LogP contribution in [0.4, 0.5) is 0 Å². The Morgan fingerprint density at radius 2 is 1.90 bits per heavy atom. The van der Waals surface area contributed by atoms with Crippen molar-refractivity contribution in [1.29, 1.82) is 0 Å². The van der Waals surface area contributed by atoms with E-state index < -0.39 is 10.0 Å². The van der Waals surface area contributed by atoms with E-state index in [0.29, 0.717) is 12.6 Å². The molecule has 2 aromatic carbocycles. The molecule has 158 valence electrons. The molecule has 0 spiro atoms. The second kappa shape index (κ2) is 10.2. The van der Waals surface area contributed by atoms with Crippen LogP contribution in [0.2, 0.25) is 0 Å². The summed E-state index contributed by atoms with van der Waals surface area (Å²) in [4.78, 5) is 14.7. The standard InChI is InChI=1S/C22H31N3O3S/c1-18-7-4-5-15-25(18)16-6-13-23-22(26)12-14-24-29(27,28)21-11-10-19-8-2-3-9-20(19)17-21/h2-3,8-11,17-18,24H,4-7,12-16H2,1H3,(H,23,26)/t18-/m0/s1. The van der Waals surface area contributed by atoms with Gasteiger partial charge in [-0.3, -0.25) is 4.79 Å². The van der Waals surface area contributed by atoms with Crippen LogP contribution in [-0.4, -0.2) is 51.4 Å². The van der Waals surface area contributed by atoms with E-state index in [-0.39, 0.29) is 23.8 Å². The van der Waals surface area contributed by atoms with Crippen LogP contribution >= 0.6 is 0 Å². The Kier molecular flexibility index (Phi) is 7.64. The van der Waals surface area contributed by atoms with E-state index in [1.165, 1.54) is 19.3 Å². The number of sulfonamides is 1. The van der Waals surface area contributed by atoms with Gasteiger partial charge in [-0.25, -0.2) is 13.1 Å². The lowest BCUT2D eigenvalue weighted by Crippen LogP contribution is -2.39. The summed E-state index contributed by atoms with van der Waals surface area (Å²) in [5.41, 5.74) is 0. The molecule has 0 saturated carbocycles. The van der Waals surface area contributed by atoms with E-state index in [4.69, 9.17) is 0 Å². The third-order valence-corrected chi connectivity index (χ3v) is 7.02. The van der Waals surface area contributed by atoms with Gasteiger partial charge in [0.05, 0.1) is 4.90 Å². The van der Waals surface area contributed by atoms with E-state index in [0.717, 1.165) is 30.3 Å². The first-order valence-corrected chi connectivity index (χ1v) is 11.9. The quantitative estimate of drug-likeness (QED) is 0.615. The highest BCUT2D eigenvalue weighted by atomic mass is 32.2. The van der Waals surface area contributed by atoms with Crippen LogP contribution in [0, 0.1) is 0 Å². The molecule has 1 fully saturated rings. The molecule has 2 N–H and O–H groups in total. The van der Waals surface area contributed by atoms with Crippen LogP contribution in [0.25, 0.3) is 10.8 Å². The van der Waals surface area contributed by atoms with Gasteiger partial charge in [-0.15, -0.1) is 0 Å². The Balaban J connectivity index is 1.38. The predicted molar refractivity (Wildman–Crippen MR) is 116 cm³/mol. The Morgan fingerprint density at radius 1 is 1.10 bits per heavy atom. The van der Waals surface area contributed by atoms with Gasteiger partial charge < -0.3 is 10.2 Å². The lowest BCUT2D eigenvalue weighted by atomic mass is 10.0. The fraction of sp³-hybridized carbons (Fsp3) is 0.500. The Labute approximate surface area is 173 Å². The molecule has 0 unspecified atom stereocenters. The van der Waals surface area contributed by atoms with Gasteiger partial charge in [0, 0.05) is 32.1 Å². The minimum atomic E-state index is -3.63. The lowest BCUT2D eigenvalue weighted by Gasteiger charge is -2.33. The average molecular weight is 418 g/mol. The maximum absolute atomic E-state index is 12.5. The highest BCUT2D eigenvalue weighted by Crippen LogP contribution is 2.19. The third kappa shape index (κ3) is 6.26. The van der Waals surface area contributed by atoms with Crippen LogP contribution in [0.1, 0.15) is 39.0 Å². The molecule has 1 atom stereocenters. The number of rotatable bonds is 9. The molecule has 29 heavy (non-hydrogen) atoms. The number of piperidine rings is 1. The van der Waals surface area contributed by atoms with Gasteiger partial charge in [0.2, 0.25) is 15.9 Å². The molecule has 1 saturated heterocycles. The molecular weight excluding hydrogens is 386 g/mol. The highest BCUT2D eigenvalue weighted by Gasteiger charge is 2.17. The van der Waals surface area contributed by atoms with Crippen molar-refractivity contribution in [1.82, 2.24) is 14.9 Å². The normalized spacial score (nSPS) is 18.0. The summed E-state index contributed by atoms with van der Waals surface area (Å²) < 4.78 is 27.5. The first kappa shape index (κ1) is 21.7. The molecule has 3 rings (SSSR count). The van der Waals surface area contributed by atoms with Crippen molar-refractivity contribution < 1.29 is 13.2 Å². The maximum Gasteiger partial charge on any atom is 0.240 e. The molecular formula is C22H31N3O3S. The number of amides is 1. The van der Waals surface area contributed by atoms with Gasteiger partial charge in [-0.1, -0.05) is 36.8 Å². The molecule has 0 bridgehead atoms. The number of benzene rings is 2. The minimum absolute atomic E-state index is 0.0875. The zero-order valence-corrected chi connectivity index (χ0v) is 17.9. The number of nitrogens with one attached hydrogen (secondary N) is 2. The summed E-state index contributed by atoms with van der Waals surface area (Å²) in [7, 11) is -3.63. The Hall–Kier alpha value is -1.96. The number of nitrogens with zero attached hydrogens (tertiary/aromatic N) is 1. The molecule has 7 heteroatoms. The molecule has 0 aliphatic carbocycles. The smallest absolute Gasteiger partial charge is 0.240 e. The average Bonchev–Trinajstić information content (AvgIpc) is 2.72. The van der Waals surface area contributed by atoms with Crippen molar-refractivity contribution in [2.75, 3.05) is 26.2 Å². The molecule has 0 aromatic heterocycles. The summed E-state index contributed by atoms with van der Waals surface area (Å²) >= 11 is 0. The van der Waals surface area contributed by atoms with Crippen LogP contribution in [0.3, 0.4) is 0 Å². The monoisotopic (exact) mass is 417 g/mol. The van der Waals surface area contributed by atoms with Crippen LogP contribution in [-0.2, 0) is 14.8 Å². The number of fused-ring (bicyclic) bond motifs is 1. The molecule has 1 heterocycles. The summed E-state index contributed by atoms with van der Waals surface area (Å²) in [5.74, 6) is -0.127. The van der Waals surface area contributed by atoms with Crippen LogP contribution < -0.4 is 10.0 Å². The van der Waals surface area contributed by atoms with Gasteiger partial charge in [0.1, 0.15) is 0 Å². The zero-order valence-electron chi connectivity index (χ0n) is 17.1. The summed E-state index contributed by atoms with van der Waals surface area (Å²) in [6.45, 7) is 5.12. The molecule has 2 aromatic rings. The highest BCUT2D eigenvalue weighted by molar-refractivity contribution is 7.89. The summed E-state index contributed by atoms with van der Waals surface area (Å²) in [5, 5.41) is 4.75. The second-order valence-corrected chi connectivity index (χ2v) is 9.51. The first-order valence-electron chi connectivity index (χ1n) is 10.4. The lowest BCUT2D eigenvalue weighted by molar-refractivity contribution is -0.120. The second-order valence-electron chi connectivity index (χ2n) is 7.74. The van der Waals surface area contributed by atoms with Crippen molar-refractivity contribution in [2.45, 2.75) is 50.0 Å². The molecule has 1 aliphatic rings. The molecule has 0 radical (unpaired) electrons. The number of hydrogen-bond donors (Lipinski definition) is 2. The van der Waals surface area contributed by atoms with Gasteiger partial charge in [0.15, 0.2) is 0 Å². The Bertz CT molecular complexity index is 930. The van der Waals surface area contributed by atoms with Crippen molar-refractivity contribution in [3.63, 3.8) is 0 Å². The number of hydrogen-bond acceptors (Lipinski definition) is 4. The summed E-state index contributed by atoms with van der Waals surface area (Å²) in [6.07, 6.45) is 4.87. The fourth-order valence-electron chi connectivity index (χ4n) is 3.80. The SMILES string of the molecule is C[C@H]1CCCCN1CCCNC(=O)CCNS(=O)(=O)c1ccc2ccccc2c1. The van der Waals surface area contributed by atoms with Crippen molar-refractivity contribution in [2.24, 2.45) is 0 Å². The largest absolute Gasteiger partial charge is 0.356 e. The number of carbonyl (C=O) groups excluding carboxylic acids is 1. The van der Waals surface area contributed by atoms with E-state index >= 15 is 0 Å². The van der Waals surface area contributed by atoms with Gasteiger partial charge in [-0.2, -0.15) is 0 Å².